The number of nitro benzene ring substituents is 1. The summed E-state index contributed by atoms with van der Waals surface area (Å²) in [5.41, 5.74) is -1.93. The molecule has 0 aliphatic heterocycles. The Morgan fingerprint density at radius 1 is 1.17 bits per heavy atom. The number of fused-ring (bicyclic) bond motifs is 1. The second-order valence-corrected chi connectivity index (χ2v) is 8.73. The zero-order valence-corrected chi connectivity index (χ0v) is 22.4. The third-order valence-corrected chi connectivity index (χ3v) is 5.91. The van der Waals surface area contributed by atoms with Gasteiger partial charge in [-0.15, -0.1) is 0 Å². The van der Waals surface area contributed by atoms with Crippen molar-refractivity contribution in [1.82, 2.24) is 9.66 Å². The normalized spacial score (nSPS) is 12.3. The first-order valence-corrected chi connectivity index (χ1v) is 12.4. The van der Waals surface area contributed by atoms with Gasteiger partial charge in [-0.2, -0.15) is 22.9 Å². The highest BCUT2D eigenvalue weighted by Crippen LogP contribution is 2.39. The van der Waals surface area contributed by atoms with E-state index in [1.807, 2.05) is 0 Å². The van der Waals surface area contributed by atoms with Crippen LogP contribution in [0.25, 0.3) is 22.3 Å². The van der Waals surface area contributed by atoms with E-state index in [0.717, 1.165) is 36.2 Å². The van der Waals surface area contributed by atoms with Gasteiger partial charge in [0.25, 0.3) is 5.56 Å². The summed E-state index contributed by atoms with van der Waals surface area (Å²) in [6.07, 6.45) is -4.76. The van der Waals surface area contributed by atoms with Crippen molar-refractivity contribution in [3.05, 3.63) is 92.3 Å². The molecular formula is C28H23F3N4O7. The van der Waals surface area contributed by atoms with Gasteiger partial charge in [-0.25, -0.2) is 9.78 Å². The Bertz CT molecular complexity index is 1750. The van der Waals surface area contributed by atoms with Crippen LogP contribution in [0.1, 0.15) is 25.0 Å². The monoisotopic (exact) mass is 584 g/mol. The molecule has 0 fully saturated rings. The van der Waals surface area contributed by atoms with Crippen molar-refractivity contribution in [1.29, 1.82) is 0 Å². The van der Waals surface area contributed by atoms with Gasteiger partial charge in [-0.3, -0.25) is 14.9 Å². The lowest BCUT2D eigenvalue weighted by molar-refractivity contribution is -0.386. The molecule has 14 heteroatoms. The van der Waals surface area contributed by atoms with E-state index in [1.165, 1.54) is 37.3 Å². The molecule has 4 rings (SSSR count). The lowest BCUT2D eigenvalue weighted by Crippen LogP contribution is -2.25. The number of carbonyl (C=O) groups is 1. The summed E-state index contributed by atoms with van der Waals surface area (Å²) in [5, 5.41) is 16.2. The second-order valence-electron chi connectivity index (χ2n) is 8.73. The number of rotatable bonds is 9. The minimum Gasteiger partial charge on any atom is -0.490 e. The zero-order valence-electron chi connectivity index (χ0n) is 22.4. The third-order valence-electron chi connectivity index (χ3n) is 5.91. The van der Waals surface area contributed by atoms with Crippen molar-refractivity contribution in [3.63, 3.8) is 0 Å². The SMILES string of the molecule is CCOc1cc(C=Nn2c(-c3cccc(C(F)(F)F)c3)nc3ccccc3c2=O)cc([N+](=O)[O-])c1O[C@@H](C)C(=O)OC. The number of halogens is 3. The molecule has 3 aromatic carbocycles. The summed E-state index contributed by atoms with van der Waals surface area (Å²) >= 11 is 0. The van der Waals surface area contributed by atoms with Crippen LogP contribution < -0.4 is 15.0 Å². The van der Waals surface area contributed by atoms with Crippen molar-refractivity contribution >= 4 is 28.8 Å². The van der Waals surface area contributed by atoms with Gasteiger partial charge in [-0.05, 0) is 44.2 Å². The maximum atomic E-state index is 13.4. The number of aromatic nitrogens is 2. The van der Waals surface area contributed by atoms with Gasteiger partial charge in [0.15, 0.2) is 17.7 Å². The number of hydrogen-bond donors (Lipinski definition) is 0. The van der Waals surface area contributed by atoms with Gasteiger partial charge in [0.1, 0.15) is 0 Å². The molecule has 218 valence electrons. The van der Waals surface area contributed by atoms with E-state index in [0.29, 0.717) is 0 Å². The molecule has 11 nitrogen and oxygen atoms in total. The molecule has 0 spiro atoms. The van der Waals surface area contributed by atoms with Gasteiger partial charge in [0.2, 0.25) is 5.75 Å². The number of ether oxygens (including phenoxy) is 3. The molecule has 1 heterocycles. The summed E-state index contributed by atoms with van der Waals surface area (Å²) in [6, 6.07) is 12.9. The van der Waals surface area contributed by atoms with Crippen LogP contribution in [0, 0.1) is 10.1 Å². The standard InChI is InChI=1S/C28H23F3N4O7/c1-4-41-23-13-17(12-22(35(38)39)24(23)42-16(2)27(37)40-3)15-32-34-25(18-8-7-9-19(14-18)28(29,30)31)33-21-11-6-5-10-20(21)26(34)36/h5-16H,4H2,1-3H3/t16-/m0/s1. The lowest BCUT2D eigenvalue weighted by Gasteiger charge is -2.16. The Kier molecular flexibility index (Phi) is 8.54. The molecule has 0 bridgehead atoms. The Morgan fingerprint density at radius 3 is 2.57 bits per heavy atom. The fourth-order valence-electron chi connectivity index (χ4n) is 3.97. The van der Waals surface area contributed by atoms with Crippen LogP contribution in [0.5, 0.6) is 11.5 Å². The van der Waals surface area contributed by atoms with E-state index in [9.17, 15) is 32.9 Å². The average molecular weight is 585 g/mol. The number of nitrogens with zero attached hydrogens (tertiary/aromatic N) is 4. The summed E-state index contributed by atoms with van der Waals surface area (Å²) in [5.74, 6) is -1.38. The Labute approximate surface area is 235 Å². The molecule has 42 heavy (non-hydrogen) atoms. The molecule has 0 saturated carbocycles. The molecule has 4 aromatic rings. The molecule has 0 aliphatic rings. The number of nitro groups is 1. The first-order chi connectivity index (χ1) is 19.9. The number of esters is 1. The molecule has 0 amide bonds. The van der Waals surface area contributed by atoms with Crippen LogP contribution in [-0.4, -0.2) is 46.6 Å². The smallest absolute Gasteiger partial charge is 0.416 e. The molecule has 0 radical (unpaired) electrons. The van der Waals surface area contributed by atoms with Crippen LogP contribution in [0.2, 0.25) is 0 Å². The zero-order chi connectivity index (χ0) is 30.6. The van der Waals surface area contributed by atoms with E-state index in [-0.39, 0.29) is 46.0 Å². The molecule has 0 aliphatic carbocycles. The van der Waals surface area contributed by atoms with Gasteiger partial charge >= 0.3 is 17.8 Å². The van der Waals surface area contributed by atoms with Crippen molar-refractivity contribution < 1.29 is 37.1 Å². The highest BCUT2D eigenvalue weighted by atomic mass is 19.4. The molecule has 0 N–H and O–H groups in total. The van der Waals surface area contributed by atoms with E-state index in [4.69, 9.17) is 9.47 Å². The predicted molar refractivity (Wildman–Crippen MR) is 146 cm³/mol. The van der Waals surface area contributed by atoms with Crippen LogP contribution in [0.3, 0.4) is 0 Å². The van der Waals surface area contributed by atoms with Crippen molar-refractivity contribution in [3.8, 4) is 22.9 Å². The first-order valence-electron chi connectivity index (χ1n) is 12.4. The maximum absolute atomic E-state index is 13.4. The summed E-state index contributed by atoms with van der Waals surface area (Å²) in [4.78, 5) is 40.9. The quantitative estimate of drug-likeness (QED) is 0.113. The van der Waals surface area contributed by atoms with Gasteiger partial charge in [0.05, 0.1) is 41.3 Å². The Morgan fingerprint density at radius 2 is 1.90 bits per heavy atom. The van der Waals surface area contributed by atoms with Crippen LogP contribution >= 0.6 is 0 Å². The van der Waals surface area contributed by atoms with Crippen molar-refractivity contribution in [2.75, 3.05) is 13.7 Å². The van der Waals surface area contributed by atoms with Gasteiger partial charge in [0, 0.05) is 17.2 Å². The average Bonchev–Trinajstić information content (AvgIpc) is 2.96. The first kappa shape index (κ1) is 29.7. The minimum absolute atomic E-state index is 0.0358. The minimum atomic E-state index is -4.65. The highest BCUT2D eigenvalue weighted by Gasteiger charge is 2.31. The van der Waals surface area contributed by atoms with Gasteiger partial charge in [-0.1, -0.05) is 24.3 Å². The Balaban J connectivity index is 1.89. The highest BCUT2D eigenvalue weighted by molar-refractivity contribution is 5.84. The molecule has 1 aromatic heterocycles. The fraction of sp³-hybridized carbons (Fsp3) is 0.214. The number of hydrogen-bond acceptors (Lipinski definition) is 9. The van der Waals surface area contributed by atoms with Crippen molar-refractivity contribution in [2.45, 2.75) is 26.1 Å². The summed E-state index contributed by atoms with van der Waals surface area (Å²) in [7, 11) is 1.14. The molecule has 0 unspecified atom stereocenters. The predicted octanol–water partition coefficient (Wildman–Crippen LogP) is 5.21. The maximum Gasteiger partial charge on any atom is 0.416 e. The van der Waals surface area contributed by atoms with Crippen LogP contribution in [0.15, 0.2) is 70.6 Å². The largest absolute Gasteiger partial charge is 0.490 e. The van der Waals surface area contributed by atoms with Crippen LogP contribution in [0.4, 0.5) is 18.9 Å². The fourth-order valence-corrected chi connectivity index (χ4v) is 3.97. The van der Waals surface area contributed by atoms with E-state index < -0.39 is 40.0 Å². The van der Waals surface area contributed by atoms with Crippen molar-refractivity contribution in [2.24, 2.45) is 5.10 Å². The summed E-state index contributed by atoms with van der Waals surface area (Å²) < 4.78 is 56.8. The number of alkyl halides is 3. The topological polar surface area (TPSA) is 135 Å². The molecular weight excluding hydrogens is 561 g/mol. The third kappa shape index (κ3) is 6.22. The van der Waals surface area contributed by atoms with E-state index in [2.05, 4.69) is 14.8 Å². The number of carbonyl (C=O) groups excluding carboxylic acids is 1. The molecule has 1 atom stereocenters. The molecule has 0 saturated heterocycles. The van der Waals surface area contributed by atoms with E-state index in [1.54, 1.807) is 19.1 Å². The number of benzene rings is 3. The Hall–Kier alpha value is -5.27. The lowest BCUT2D eigenvalue weighted by atomic mass is 10.1. The van der Waals surface area contributed by atoms with Gasteiger partial charge < -0.3 is 14.2 Å². The number of methoxy groups -OCH3 is 1. The van der Waals surface area contributed by atoms with Crippen LogP contribution in [-0.2, 0) is 15.7 Å². The summed E-state index contributed by atoms with van der Waals surface area (Å²) in [6.45, 7) is 3.05. The number of para-hydroxylation sites is 1. The van der Waals surface area contributed by atoms with E-state index >= 15 is 0 Å². The second kappa shape index (κ2) is 12.1.